The third-order valence-corrected chi connectivity index (χ3v) is 6.27. The topological polar surface area (TPSA) is 103 Å². The average Bonchev–Trinajstić information content (AvgIpc) is 3.54. The summed E-state index contributed by atoms with van der Waals surface area (Å²) < 4.78 is 18.8. The Bertz CT molecular complexity index is 1350. The molecule has 2 aliphatic rings. The quantitative estimate of drug-likeness (QED) is 0.206. The van der Waals surface area contributed by atoms with Crippen LogP contribution in [-0.4, -0.2) is 57.6 Å². The number of Topliss-reactive ketones (excluding diaryl/α,β-unsaturated/α-hetero) is 1. The predicted molar refractivity (Wildman–Crippen MR) is 135 cm³/mol. The van der Waals surface area contributed by atoms with Crippen molar-refractivity contribution in [2.45, 2.75) is 19.0 Å². The van der Waals surface area contributed by atoms with Gasteiger partial charge in [-0.05, 0) is 42.3 Å². The first-order valence-corrected chi connectivity index (χ1v) is 12.0. The van der Waals surface area contributed by atoms with Crippen LogP contribution in [0.5, 0.6) is 17.2 Å². The maximum absolute atomic E-state index is 13.3. The van der Waals surface area contributed by atoms with Crippen LogP contribution >= 0.6 is 0 Å². The number of aliphatic hydroxyl groups is 1. The third kappa shape index (κ3) is 4.93. The average molecular weight is 502 g/mol. The monoisotopic (exact) mass is 501 g/mol. The van der Waals surface area contributed by atoms with E-state index in [4.69, 9.17) is 14.2 Å². The van der Waals surface area contributed by atoms with Crippen LogP contribution in [0.4, 0.5) is 0 Å². The first-order chi connectivity index (χ1) is 18.1. The summed E-state index contributed by atoms with van der Waals surface area (Å²) in [6, 6.07) is 11.3. The number of aryl methyl sites for hydroxylation is 1. The second-order valence-corrected chi connectivity index (χ2v) is 8.68. The molecule has 2 aromatic carbocycles. The summed E-state index contributed by atoms with van der Waals surface area (Å²) in [4.78, 5) is 32.1. The molecule has 0 unspecified atom stereocenters. The molecule has 9 heteroatoms. The number of rotatable bonds is 9. The van der Waals surface area contributed by atoms with Crippen LogP contribution < -0.4 is 14.2 Å². The zero-order valence-electron chi connectivity index (χ0n) is 20.2. The minimum Gasteiger partial charge on any atom is -0.507 e. The van der Waals surface area contributed by atoms with Gasteiger partial charge in [-0.25, -0.2) is 4.98 Å². The molecule has 0 saturated carbocycles. The molecule has 2 aliphatic heterocycles. The van der Waals surface area contributed by atoms with Crippen molar-refractivity contribution >= 4 is 17.4 Å². The standard InChI is InChI=1S/C28H27N3O6/c1-2-13-35-21-6-3-5-19(16-21)25-24(26(32)20-7-8-22-23(17-20)37-15-14-36-22)27(33)28(34)31(25)11-4-10-30-12-9-29-18-30/h2-3,5-9,12,16-18,25,32H,1,4,10-11,13-15H2/t25-/m0/s1. The van der Waals surface area contributed by atoms with Crippen LogP contribution in [0.1, 0.15) is 23.6 Å². The second kappa shape index (κ2) is 10.6. The van der Waals surface area contributed by atoms with E-state index >= 15 is 0 Å². The Hall–Kier alpha value is -4.53. The van der Waals surface area contributed by atoms with Gasteiger partial charge in [-0.3, -0.25) is 9.59 Å². The molecule has 1 aromatic heterocycles. The Kier molecular flexibility index (Phi) is 6.93. The highest BCUT2D eigenvalue weighted by Gasteiger charge is 2.46. The molecular formula is C28H27N3O6. The highest BCUT2D eigenvalue weighted by Crippen LogP contribution is 2.41. The van der Waals surface area contributed by atoms with Crippen LogP contribution in [0.2, 0.25) is 0 Å². The van der Waals surface area contributed by atoms with Gasteiger partial charge in [0.25, 0.3) is 11.7 Å². The Morgan fingerprint density at radius 1 is 1.14 bits per heavy atom. The molecule has 5 rings (SSSR count). The van der Waals surface area contributed by atoms with Crippen molar-refractivity contribution in [3.63, 3.8) is 0 Å². The summed E-state index contributed by atoms with van der Waals surface area (Å²) in [5.41, 5.74) is 1.04. The molecule has 3 heterocycles. The molecule has 190 valence electrons. The van der Waals surface area contributed by atoms with E-state index < -0.39 is 17.7 Å². The maximum Gasteiger partial charge on any atom is 0.295 e. The normalized spacial score (nSPS) is 18.2. The predicted octanol–water partition coefficient (Wildman–Crippen LogP) is 3.73. The molecule has 37 heavy (non-hydrogen) atoms. The van der Waals surface area contributed by atoms with Gasteiger partial charge < -0.3 is 28.8 Å². The Labute approximate surface area is 214 Å². The fourth-order valence-corrected chi connectivity index (χ4v) is 4.58. The van der Waals surface area contributed by atoms with Crippen LogP contribution in [0, 0.1) is 0 Å². The van der Waals surface area contributed by atoms with E-state index in [0.717, 1.165) is 0 Å². The molecule has 1 saturated heterocycles. The number of hydrogen-bond acceptors (Lipinski definition) is 7. The smallest absolute Gasteiger partial charge is 0.295 e. The fraction of sp³-hybridized carbons (Fsp3) is 0.250. The molecule has 0 radical (unpaired) electrons. The van der Waals surface area contributed by atoms with Gasteiger partial charge in [-0.1, -0.05) is 24.8 Å². The molecule has 1 fully saturated rings. The zero-order chi connectivity index (χ0) is 25.8. The number of benzene rings is 2. The number of ketones is 1. The van der Waals surface area contributed by atoms with Crippen molar-refractivity contribution in [2.75, 3.05) is 26.4 Å². The third-order valence-electron chi connectivity index (χ3n) is 6.27. The summed E-state index contributed by atoms with van der Waals surface area (Å²) in [6.45, 7) is 5.74. The van der Waals surface area contributed by atoms with E-state index in [2.05, 4.69) is 11.6 Å². The number of imidazole rings is 1. The summed E-state index contributed by atoms with van der Waals surface area (Å²) in [5, 5.41) is 11.4. The van der Waals surface area contributed by atoms with Crippen molar-refractivity contribution in [1.82, 2.24) is 14.5 Å². The van der Waals surface area contributed by atoms with Crippen molar-refractivity contribution in [2.24, 2.45) is 0 Å². The van der Waals surface area contributed by atoms with E-state index in [0.29, 0.717) is 67.7 Å². The summed E-state index contributed by atoms with van der Waals surface area (Å²) in [6.07, 6.45) is 7.46. The van der Waals surface area contributed by atoms with Crippen molar-refractivity contribution < 1.29 is 28.9 Å². The van der Waals surface area contributed by atoms with Crippen LogP contribution in [0.15, 0.2) is 79.4 Å². The SMILES string of the molecule is C=CCOc1cccc([C@H]2C(=C(O)c3ccc4c(c3)OCCO4)C(=O)C(=O)N2CCCn2ccnc2)c1. The van der Waals surface area contributed by atoms with Gasteiger partial charge >= 0.3 is 0 Å². The van der Waals surface area contributed by atoms with Crippen molar-refractivity contribution in [1.29, 1.82) is 0 Å². The number of amides is 1. The lowest BCUT2D eigenvalue weighted by atomic mass is 9.95. The van der Waals surface area contributed by atoms with Gasteiger partial charge in [0.05, 0.1) is 17.9 Å². The van der Waals surface area contributed by atoms with E-state index in [1.165, 1.54) is 4.90 Å². The van der Waals surface area contributed by atoms with Crippen LogP contribution in [0.3, 0.4) is 0 Å². The van der Waals surface area contributed by atoms with Gasteiger partial charge in [0.1, 0.15) is 31.3 Å². The van der Waals surface area contributed by atoms with Gasteiger partial charge in [0.15, 0.2) is 11.5 Å². The molecule has 0 aliphatic carbocycles. The number of aliphatic hydroxyl groups excluding tert-OH is 1. The van der Waals surface area contributed by atoms with E-state index in [9.17, 15) is 14.7 Å². The van der Waals surface area contributed by atoms with E-state index in [1.807, 2.05) is 16.8 Å². The first-order valence-electron chi connectivity index (χ1n) is 12.0. The number of hydrogen-bond donors (Lipinski definition) is 1. The first kappa shape index (κ1) is 24.2. The Morgan fingerprint density at radius 2 is 1.97 bits per heavy atom. The van der Waals surface area contributed by atoms with Crippen LogP contribution in [0.25, 0.3) is 5.76 Å². The molecule has 1 atom stereocenters. The van der Waals surface area contributed by atoms with E-state index in [-0.39, 0.29) is 11.3 Å². The lowest BCUT2D eigenvalue weighted by molar-refractivity contribution is -0.139. The minimum absolute atomic E-state index is 0.0187. The molecule has 0 spiro atoms. The summed E-state index contributed by atoms with van der Waals surface area (Å²) in [5.74, 6) is -0.0623. The minimum atomic E-state index is -0.789. The van der Waals surface area contributed by atoms with Gasteiger partial charge in [-0.15, -0.1) is 0 Å². The number of fused-ring (bicyclic) bond motifs is 1. The highest BCUT2D eigenvalue weighted by atomic mass is 16.6. The number of aromatic nitrogens is 2. The Morgan fingerprint density at radius 3 is 2.76 bits per heavy atom. The van der Waals surface area contributed by atoms with Crippen LogP contribution in [-0.2, 0) is 16.1 Å². The maximum atomic E-state index is 13.3. The van der Waals surface area contributed by atoms with Gasteiger partial charge in [-0.2, -0.15) is 0 Å². The molecule has 1 amide bonds. The molecular weight excluding hydrogens is 474 g/mol. The number of carbonyl (C=O) groups is 2. The summed E-state index contributed by atoms with van der Waals surface area (Å²) in [7, 11) is 0. The number of nitrogens with zero attached hydrogens (tertiary/aromatic N) is 3. The fourth-order valence-electron chi connectivity index (χ4n) is 4.58. The second-order valence-electron chi connectivity index (χ2n) is 8.68. The van der Waals surface area contributed by atoms with Crippen molar-refractivity contribution in [3.8, 4) is 17.2 Å². The summed E-state index contributed by atoms with van der Waals surface area (Å²) >= 11 is 0. The Balaban J connectivity index is 1.54. The van der Waals surface area contributed by atoms with Crippen molar-refractivity contribution in [3.05, 3.63) is 90.5 Å². The number of likely N-dealkylation sites (tertiary alicyclic amines) is 1. The molecule has 1 N–H and O–H groups in total. The van der Waals surface area contributed by atoms with E-state index in [1.54, 1.807) is 55.0 Å². The van der Waals surface area contributed by atoms with Gasteiger partial charge in [0, 0.05) is 31.0 Å². The molecule has 3 aromatic rings. The van der Waals surface area contributed by atoms with Gasteiger partial charge in [0.2, 0.25) is 0 Å². The number of carbonyl (C=O) groups excluding carboxylic acids is 2. The zero-order valence-corrected chi connectivity index (χ0v) is 20.2. The lowest BCUT2D eigenvalue weighted by Gasteiger charge is -2.26. The number of ether oxygens (including phenoxy) is 3. The molecule has 0 bridgehead atoms. The highest BCUT2D eigenvalue weighted by molar-refractivity contribution is 6.46. The molecule has 9 nitrogen and oxygen atoms in total. The largest absolute Gasteiger partial charge is 0.507 e. The lowest BCUT2D eigenvalue weighted by Crippen LogP contribution is -2.31.